The number of hydrogen-bond acceptors (Lipinski definition) is 6. The van der Waals surface area contributed by atoms with Crippen LogP contribution in [0.4, 0.5) is 5.69 Å². The number of amides is 1. The fourth-order valence-electron chi connectivity index (χ4n) is 4.11. The van der Waals surface area contributed by atoms with E-state index in [1.165, 1.54) is 18.2 Å². The largest absolute Gasteiger partial charge is 0.297 e. The first kappa shape index (κ1) is 23.2. The Hall–Kier alpha value is -1.49. The van der Waals surface area contributed by atoms with E-state index in [1.807, 2.05) is 13.8 Å². The van der Waals surface area contributed by atoms with E-state index in [9.17, 15) is 21.6 Å². The van der Waals surface area contributed by atoms with Crippen molar-refractivity contribution in [3.63, 3.8) is 0 Å². The lowest BCUT2D eigenvalue weighted by Crippen LogP contribution is -2.50. The summed E-state index contributed by atoms with van der Waals surface area (Å²) in [6.45, 7) is 11.0. The van der Waals surface area contributed by atoms with E-state index in [1.54, 1.807) is 20.8 Å². The molecule has 168 valence electrons. The smallest absolute Gasteiger partial charge is 0.247 e. The Bertz CT molecular complexity index is 1060. The monoisotopic (exact) mass is 457 g/mol. The van der Waals surface area contributed by atoms with Gasteiger partial charge in [0.15, 0.2) is 0 Å². The van der Waals surface area contributed by atoms with Gasteiger partial charge in [-0.05, 0) is 84.3 Å². The SMILES string of the molecule is Cc1cc(N2C(=O)C(C)(C)CS2(=O)=O)ccc1S(=O)(=O)NCC(C)(C)N1CCCC1. The summed E-state index contributed by atoms with van der Waals surface area (Å²) in [7, 11) is -7.58. The van der Waals surface area contributed by atoms with Crippen LogP contribution in [-0.4, -0.2) is 58.6 Å². The van der Waals surface area contributed by atoms with Crippen LogP contribution in [0.3, 0.4) is 0 Å². The Labute approximate surface area is 179 Å². The molecule has 0 aromatic heterocycles. The Morgan fingerprint density at radius 2 is 1.77 bits per heavy atom. The molecule has 2 saturated heterocycles. The Kier molecular flexibility index (Phi) is 5.86. The van der Waals surface area contributed by atoms with Gasteiger partial charge in [0.2, 0.25) is 26.0 Å². The van der Waals surface area contributed by atoms with Crippen LogP contribution in [0.15, 0.2) is 23.1 Å². The van der Waals surface area contributed by atoms with Crippen LogP contribution in [0.1, 0.15) is 46.1 Å². The quantitative estimate of drug-likeness (QED) is 0.699. The Morgan fingerprint density at radius 3 is 2.27 bits per heavy atom. The van der Waals surface area contributed by atoms with Crippen molar-refractivity contribution < 1.29 is 21.6 Å². The highest BCUT2D eigenvalue weighted by molar-refractivity contribution is 7.94. The molecule has 1 N–H and O–H groups in total. The molecule has 2 aliphatic heterocycles. The molecule has 10 heteroatoms. The first-order chi connectivity index (χ1) is 13.7. The summed E-state index contributed by atoms with van der Waals surface area (Å²) in [5.41, 5.74) is -0.773. The van der Waals surface area contributed by atoms with Crippen molar-refractivity contribution in [2.24, 2.45) is 5.41 Å². The summed E-state index contributed by atoms with van der Waals surface area (Å²) in [6, 6.07) is 4.19. The first-order valence-corrected chi connectivity index (χ1v) is 13.2. The predicted molar refractivity (Wildman–Crippen MR) is 116 cm³/mol. The Morgan fingerprint density at radius 1 is 1.17 bits per heavy atom. The number of rotatable bonds is 6. The molecule has 2 fully saturated rings. The number of nitrogens with one attached hydrogen (secondary N) is 1. The lowest BCUT2D eigenvalue weighted by Gasteiger charge is -2.35. The number of carbonyl (C=O) groups excluding carboxylic acids is 1. The van der Waals surface area contributed by atoms with Crippen LogP contribution in [0.2, 0.25) is 0 Å². The van der Waals surface area contributed by atoms with Gasteiger partial charge in [-0.15, -0.1) is 0 Å². The fraction of sp³-hybridized carbons (Fsp3) is 0.650. The molecule has 8 nitrogen and oxygen atoms in total. The van der Waals surface area contributed by atoms with Gasteiger partial charge in [0.25, 0.3) is 0 Å². The molecule has 30 heavy (non-hydrogen) atoms. The number of nitrogens with zero attached hydrogens (tertiary/aromatic N) is 2. The highest BCUT2D eigenvalue weighted by Crippen LogP contribution is 2.36. The average molecular weight is 458 g/mol. The predicted octanol–water partition coefficient (Wildman–Crippen LogP) is 1.85. The second-order valence-electron chi connectivity index (χ2n) is 9.49. The summed E-state index contributed by atoms with van der Waals surface area (Å²) < 4.78 is 54.3. The molecule has 0 radical (unpaired) electrons. The number of hydrogen-bond donors (Lipinski definition) is 1. The maximum atomic E-state index is 12.9. The zero-order valence-corrected chi connectivity index (χ0v) is 19.9. The van der Waals surface area contributed by atoms with Crippen molar-refractivity contribution in [2.45, 2.75) is 57.9 Å². The maximum Gasteiger partial charge on any atom is 0.247 e. The van der Waals surface area contributed by atoms with Crippen molar-refractivity contribution in [2.75, 3.05) is 29.7 Å². The van der Waals surface area contributed by atoms with Gasteiger partial charge < -0.3 is 0 Å². The minimum absolute atomic E-state index is 0.0757. The highest BCUT2D eigenvalue weighted by atomic mass is 32.2. The second-order valence-corrected chi connectivity index (χ2v) is 13.0. The molecule has 0 unspecified atom stereocenters. The normalized spacial score (nSPS) is 22.0. The van der Waals surface area contributed by atoms with Gasteiger partial charge in [-0.3, -0.25) is 9.69 Å². The molecule has 1 aromatic carbocycles. The van der Waals surface area contributed by atoms with Crippen molar-refractivity contribution in [3.8, 4) is 0 Å². The molecule has 1 aromatic rings. The van der Waals surface area contributed by atoms with Gasteiger partial charge >= 0.3 is 0 Å². The minimum Gasteiger partial charge on any atom is -0.297 e. The van der Waals surface area contributed by atoms with Gasteiger partial charge in [-0.25, -0.2) is 25.9 Å². The molecule has 0 saturated carbocycles. The van der Waals surface area contributed by atoms with E-state index in [-0.39, 0.29) is 28.4 Å². The van der Waals surface area contributed by atoms with Crippen LogP contribution in [0.5, 0.6) is 0 Å². The third-order valence-corrected chi connectivity index (χ3v) is 9.51. The molecule has 0 aliphatic carbocycles. The van der Waals surface area contributed by atoms with E-state index < -0.39 is 31.4 Å². The highest BCUT2D eigenvalue weighted by Gasteiger charge is 2.50. The van der Waals surface area contributed by atoms with Gasteiger partial charge in [0.1, 0.15) is 0 Å². The topological polar surface area (TPSA) is 104 Å². The second kappa shape index (κ2) is 7.58. The van der Waals surface area contributed by atoms with Crippen LogP contribution >= 0.6 is 0 Å². The number of benzene rings is 1. The lowest BCUT2D eigenvalue weighted by molar-refractivity contribution is -0.123. The van der Waals surface area contributed by atoms with E-state index in [2.05, 4.69) is 9.62 Å². The summed E-state index contributed by atoms with van der Waals surface area (Å²) in [6.07, 6.45) is 2.23. The molecule has 0 spiro atoms. The molecule has 3 rings (SSSR count). The minimum atomic E-state index is -3.79. The van der Waals surface area contributed by atoms with E-state index >= 15 is 0 Å². The van der Waals surface area contributed by atoms with Crippen LogP contribution < -0.4 is 9.03 Å². The number of anilines is 1. The summed E-state index contributed by atoms with van der Waals surface area (Å²) in [5.74, 6) is -0.784. The summed E-state index contributed by atoms with van der Waals surface area (Å²) >= 11 is 0. The Balaban J connectivity index is 1.83. The van der Waals surface area contributed by atoms with Gasteiger partial charge in [0.05, 0.1) is 21.8 Å². The van der Waals surface area contributed by atoms with E-state index in [0.717, 1.165) is 30.2 Å². The van der Waals surface area contributed by atoms with E-state index in [4.69, 9.17) is 0 Å². The maximum absolute atomic E-state index is 12.9. The number of sulfonamides is 2. The van der Waals surface area contributed by atoms with E-state index in [0.29, 0.717) is 5.56 Å². The molecular weight excluding hydrogens is 426 g/mol. The lowest BCUT2D eigenvalue weighted by atomic mass is 9.95. The average Bonchev–Trinajstić information content (AvgIpc) is 3.19. The molecule has 0 atom stereocenters. The van der Waals surface area contributed by atoms with Gasteiger partial charge in [-0.2, -0.15) is 0 Å². The molecule has 0 bridgehead atoms. The number of likely N-dealkylation sites (tertiary alicyclic amines) is 1. The van der Waals surface area contributed by atoms with Crippen LogP contribution in [0.25, 0.3) is 0 Å². The summed E-state index contributed by atoms with van der Waals surface area (Å²) in [5, 5.41) is 0. The third-order valence-electron chi connectivity index (χ3n) is 5.92. The summed E-state index contributed by atoms with van der Waals surface area (Å²) in [4.78, 5) is 14.9. The zero-order valence-electron chi connectivity index (χ0n) is 18.2. The number of carbonyl (C=O) groups is 1. The molecule has 1 amide bonds. The van der Waals surface area contributed by atoms with Crippen molar-refractivity contribution in [1.29, 1.82) is 0 Å². The molecule has 2 heterocycles. The van der Waals surface area contributed by atoms with Gasteiger partial charge in [-0.1, -0.05) is 0 Å². The standard InChI is InChI=1S/C20H31N3O5S2/c1-15-12-16(23-18(24)19(2,3)14-29(23,25)26)8-9-17(15)30(27,28)21-13-20(4,5)22-10-6-7-11-22/h8-9,12,21H,6-7,10-11,13-14H2,1-5H3. The van der Waals surface area contributed by atoms with Crippen LogP contribution in [0, 0.1) is 12.3 Å². The van der Waals surface area contributed by atoms with Crippen molar-refractivity contribution >= 4 is 31.6 Å². The van der Waals surface area contributed by atoms with Gasteiger partial charge in [0, 0.05) is 12.1 Å². The fourth-order valence-corrected chi connectivity index (χ4v) is 7.63. The third kappa shape index (κ3) is 4.28. The van der Waals surface area contributed by atoms with Crippen molar-refractivity contribution in [3.05, 3.63) is 23.8 Å². The first-order valence-electron chi connectivity index (χ1n) is 10.1. The number of aryl methyl sites for hydroxylation is 1. The van der Waals surface area contributed by atoms with Crippen molar-refractivity contribution in [1.82, 2.24) is 9.62 Å². The zero-order chi connectivity index (χ0) is 22.5. The molecule has 2 aliphatic rings. The van der Waals surface area contributed by atoms with Crippen LogP contribution in [-0.2, 0) is 24.8 Å². The molecular formula is C20H31N3O5S2.